The van der Waals surface area contributed by atoms with E-state index in [1.54, 1.807) is 18.2 Å². The van der Waals surface area contributed by atoms with Gasteiger partial charge in [0, 0.05) is 5.56 Å². The van der Waals surface area contributed by atoms with Crippen LogP contribution in [-0.2, 0) is 9.59 Å². The van der Waals surface area contributed by atoms with Crippen molar-refractivity contribution in [3.8, 4) is 17.2 Å². The van der Waals surface area contributed by atoms with Crippen LogP contribution in [0.2, 0.25) is 0 Å². The molecule has 1 N–H and O–H groups in total. The number of benzene rings is 3. The van der Waals surface area contributed by atoms with Crippen molar-refractivity contribution in [3.05, 3.63) is 82.9 Å². The zero-order valence-corrected chi connectivity index (χ0v) is 23.9. The molecule has 4 aromatic rings. The van der Waals surface area contributed by atoms with E-state index in [0.717, 1.165) is 22.2 Å². The summed E-state index contributed by atoms with van der Waals surface area (Å²) in [5.74, 6) is 0.289. The summed E-state index contributed by atoms with van der Waals surface area (Å²) in [6, 6.07) is 17.2. The molecule has 1 atom stereocenters. The number of amides is 1. The molecular weight excluding hydrogens is 540 g/mol. The molecule has 9 heteroatoms. The van der Waals surface area contributed by atoms with Gasteiger partial charge in [-0.15, -0.1) is 0 Å². The number of ketones is 1. The molecule has 0 bridgehead atoms. The molecule has 0 spiro atoms. The Kier molecular flexibility index (Phi) is 7.13. The molecule has 3 heterocycles. The van der Waals surface area contributed by atoms with Crippen LogP contribution in [-0.4, -0.2) is 41.6 Å². The van der Waals surface area contributed by atoms with Crippen molar-refractivity contribution in [1.29, 1.82) is 0 Å². The summed E-state index contributed by atoms with van der Waals surface area (Å²) in [6.07, 6.45) is 0.887. The number of thiazole rings is 1. The molecule has 0 saturated carbocycles. The number of aryl methyl sites for hydroxylation is 1. The molecule has 1 fully saturated rings. The fourth-order valence-corrected chi connectivity index (χ4v) is 6.09. The number of carbonyl (C=O) groups excluding carboxylic acids is 2. The quantitative estimate of drug-likeness (QED) is 0.155. The minimum absolute atomic E-state index is 0.0264. The van der Waals surface area contributed by atoms with Gasteiger partial charge in [-0.05, 0) is 72.9 Å². The second kappa shape index (κ2) is 10.9. The second-order valence-corrected chi connectivity index (χ2v) is 11.6. The standard InChI is InChI=1S/C32H30N2O6S/c1-18(2)11-12-38-22-6-4-5-20(16-22)28-27(29(35)21-8-10-24-25(17-21)40-14-13-39-24)30(36)31(37)34(28)32-33-23-9-7-19(3)15-26(23)41-32/h4-10,15-18,28,35H,11-14H2,1-3H3/b29-27+/t28-/m1/s1. The largest absolute Gasteiger partial charge is 0.507 e. The number of aliphatic hydroxyl groups is 1. The molecule has 1 saturated heterocycles. The summed E-state index contributed by atoms with van der Waals surface area (Å²) in [7, 11) is 0. The lowest BCUT2D eigenvalue weighted by atomic mass is 9.95. The number of aliphatic hydroxyl groups excluding tert-OH is 1. The van der Waals surface area contributed by atoms with Gasteiger partial charge in [0.2, 0.25) is 0 Å². The summed E-state index contributed by atoms with van der Waals surface area (Å²) in [6.45, 7) is 7.59. The van der Waals surface area contributed by atoms with Crippen LogP contribution >= 0.6 is 11.3 Å². The van der Waals surface area contributed by atoms with Gasteiger partial charge in [-0.25, -0.2) is 4.98 Å². The van der Waals surface area contributed by atoms with E-state index in [1.165, 1.54) is 16.2 Å². The van der Waals surface area contributed by atoms with Crippen LogP contribution in [0, 0.1) is 12.8 Å². The zero-order chi connectivity index (χ0) is 28.7. The van der Waals surface area contributed by atoms with Crippen molar-refractivity contribution in [2.45, 2.75) is 33.2 Å². The van der Waals surface area contributed by atoms with Crippen LogP contribution in [0.4, 0.5) is 5.13 Å². The first-order valence-corrected chi connectivity index (χ1v) is 14.4. The maximum atomic E-state index is 13.7. The molecule has 0 aliphatic carbocycles. The number of hydrogen-bond acceptors (Lipinski definition) is 8. The van der Waals surface area contributed by atoms with E-state index >= 15 is 0 Å². The van der Waals surface area contributed by atoms with Crippen molar-refractivity contribution in [2.75, 3.05) is 24.7 Å². The van der Waals surface area contributed by atoms with Gasteiger partial charge in [-0.1, -0.05) is 43.4 Å². The van der Waals surface area contributed by atoms with Crippen LogP contribution in [0.15, 0.2) is 66.2 Å². The normalized spacial score (nSPS) is 18.0. The molecule has 0 radical (unpaired) electrons. The zero-order valence-electron chi connectivity index (χ0n) is 23.0. The smallest absolute Gasteiger partial charge is 0.301 e. The molecule has 1 amide bonds. The van der Waals surface area contributed by atoms with Crippen molar-refractivity contribution in [2.24, 2.45) is 5.92 Å². The first kappa shape index (κ1) is 26.8. The van der Waals surface area contributed by atoms with E-state index in [-0.39, 0.29) is 11.3 Å². The number of anilines is 1. The summed E-state index contributed by atoms with van der Waals surface area (Å²) in [5.41, 5.74) is 2.74. The predicted molar refractivity (Wildman–Crippen MR) is 158 cm³/mol. The Balaban J connectivity index is 1.48. The Labute approximate surface area is 241 Å². The number of hydrogen-bond donors (Lipinski definition) is 1. The Morgan fingerprint density at radius 3 is 2.68 bits per heavy atom. The minimum Gasteiger partial charge on any atom is -0.507 e. The van der Waals surface area contributed by atoms with Crippen molar-refractivity contribution in [3.63, 3.8) is 0 Å². The van der Waals surface area contributed by atoms with Gasteiger partial charge in [0.15, 0.2) is 16.6 Å². The van der Waals surface area contributed by atoms with Crippen LogP contribution in [0.3, 0.4) is 0 Å². The highest BCUT2D eigenvalue weighted by atomic mass is 32.1. The average Bonchev–Trinajstić information content (AvgIpc) is 3.49. The number of rotatable bonds is 7. The van der Waals surface area contributed by atoms with Gasteiger partial charge >= 0.3 is 5.91 Å². The molecule has 1 aromatic heterocycles. The third kappa shape index (κ3) is 5.13. The highest BCUT2D eigenvalue weighted by Gasteiger charge is 2.48. The number of nitrogens with zero attached hydrogens (tertiary/aromatic N) is 2. The van der Waals surface area contributed by atoms with Crippen LogP contribution in [0.25, 0.3) is 16.0 Å². The Hall–Kier alpha value is -4.37. The summed E-state index contributed by atoms with van der Waals surface area (Å²) >= 11 is 1.33. The lowest BCUT2D eigenvalue weighted by molar-refractivity contribution is -0.132. The highest BCUT2D eigenvalue weighted by molar-refractivity contribution is 7.22. The van der Waals surface area contributed by atoms with E-state index in [4.69, 9.17) is 19.2 Å². The third-order valence-corrected chi connectivity index (χ3v) is 8.15. The maximum absolute atomic E-state index is 13.7. The van der Waals surface area contributed by atoms with Gasteiger partial charge in [0.05, 0.1) is 28.4 Å². The van der Waals surface area contributed by atoms with Crippen LogP contribution in [0.5, 0.6) is 17.2 Å². The summed E-state index contributed by atoms with van der Waals surface area (Å²) in [4.78, 5) is 33.4. The molecule has 6 rings (SSSR count). The van der Waals surface area contributed by atoms with Gasteiger partial charge in [0.1, 0.15) is 24.7 Å². The van der Waals surface area contributed by atoms with E-state index < -0.39 is 17.7 Å². The maximum Gasteiger partial charge on any atom is 0.301 e. The molecule has 0 unspecified atom stereocenters. The topological polar surface area (TPSA) is 98.2 Å². The second-order valence-electron chi connectivity index (χ2n) is 10.6. The molecular formula is C32H30N2O6S. The molecule has 2 aliphatic heterocycles. The fraction of sp³-hybridized carbons (Fsp3) is 0.281. The van der Waals surface area contributed by atoms with Crippen LogP contribution < -0.4 is 19.1 Å². The first-order chi connectivity index (χ1) is 19.8. The monoisotopic (exact) mass is 570 g/mol. The van der Waals surface area contributed by atoms with Crippen molar-refractivity contribution >= 4 is 44.1 Å². The van der Waals surface area contributed by atoms with E-state index in [1.807, 2.05) is 49.4 Å². The number of fused-ring (bicyclic) bond motifs is 2. The lowest BCUT2D eigenvalue weighted by Crippen LogP contribution is -2.29. The fourth-order valence-electron chi connectivity index (χ4n) is 5.00. The van der Waals surface area contributed by atoms with E-state index in [0.29, 0.717) is 59.2 Å². The predicted octanol–water partition coefficient (Wildman–Crippen LogP) is 6.43. The van der Waals surface area contributed by atoms with Crippen molar-refractivity contribution in [1.82, 2.24) is 4.98 Å². The Bertz CT molecular complexity index is 1690. The number of ether oxygens (including phenoxy) is 3. The van der Waals surface area contributed by atoms with Gasteiger partial charge < -0.3 is 19.3 Å². The molecule has 2 aliphatic rings. The third-order valence-electron chi connectivity index (χ3n) is 7.14. The van der Waals surface area contributed by atoms with Crippen LogP contribution in [0.1, 0.15) is 43.0 Å². The number of carbonyl (C=O) groups is 2. The number of Topliss-reactive ketones (excluding diaryl/α,β-unsaturated/α-hetero) is 1. The Morgan fingerprint density at radius 2 is 1.88 bits per heavy atom. The molecule has 8 nitrogen and oxygen atoms in total. The minimum atomic E-state index is -0.918. The molecule has 41 heavy (non-hydrogen) atoms. The van der Waals surface area contributed by atoms with E-state index in [2.05, 4.69) is 13.8 Å². The Morgan fingerprint density at radius 1 is 1.07 bits per heavy atom. The molecule has 3 aromatic carbocycles. The molecule has 210 valence electrons. The van der Waals surface area contributed by atoms with Crippen molar-refractivity contribution < 1.29 is 28.9 Å². The highest BCUT2D eigenvalue weighted by Crippen LogP contribution is 2.45. The van der Waals surface area contributed by atoms with Gasteiger partial charge in [-0.3, -0.25) is 14.5 Å². The van der Waals surface area contributed by atoms with E-state index in [9.17, 15) is 14.7 Å². The average molecular weight is 571 g/mol. The summed E-state index contributed by atoms with van der Waals surface area (Å²) < 4.78 is 18.2. The number of aromatic nitrogens is 1. The summed E-state index contributed by atoms with van der Waals surface area (Å²) in [5, 5.41) is 12.0. The lowest BCUT2D eigenvalue weighted by Gasteiger charge is -2.24. The van der Waals surface area contributed by atoms with Gasteiger partial charge in [0.25, 0.3) is 5.78 Å². The SMILES string of the molecule is Cc1ccc2nc(N3C(=O)C(=O)/C(=C(/O)c4ccc5c(c4)OCCO5)[C@H]3c3cccc(OCCC(C)C)c3)sc2c1. The van der Waals surface area contributed by atoms with Gasteiger partial charge in [-0.2, -0.15) is 0 Å². The first-order valence-electron chi connectivity index (χ1n) is 13.6.